The number of nitrogens with zero attached hydrogens (tertiary/aromatic N) is 4. The Balaban J connectivity index is 1.46. The molecule has 1 N–H and O–H groups in total. The first kappa shape index (κ1) is 17.2. The van der Waals surface area contributed by atoms with E-state index in [-0.39, 0.29) is 12.6 Å². The first-order valence-corrected chi connectivity index (χ1v) is 7.80. The van der Waals surface area contributed by atoms with E-state index in [0.29, 0.717) is 0 Å². The molecule has 1 heterocycles. The molecule has 132 valence electrons. The van der Waals surface area contributed by atoms with Crippen molar-refractivity contribution < 1.29 is 14.3 Å². The molecule has 2 aromatic carbocycles. The number of hydrazone groups is 1. The van der Waals surface area contributed by atoms with Crippen molar-refractivity contribution in [2.45, 2.75) is 0 Å². The van der Waals surface area contributed by atoms with Gasteiger partial charge in [0.15, 0.2) is 6.61 Å². The summed E-state index contributed by atoms with van der Waals surface area (Å²) in [5.74, 6) is 0.341. The monoisotopic (exact) mass is 351 g/mol. The number of nitrogens with one attached hydrogen (secondary N) is 1. The average Bonchev–Trinajstić information content (AvgIpc) is 3.17. The number of rotatable bonds is 7. The number of hydrogen-bond donors (Lipinski definition) is 1. The maximum absolute atomic E-state index is 11.8. The molecule has 0 spiro atoms. The van der Waals surface area contributed by atoms with E-state index in [1.807, 2.05) is 42.5 Å². The van der Waals surface area contributed by atoms with E-state index < -0.39 is 5.91 Å². The van der Waals surface area contributed by atoms with Crippen LogP contribution >= 0.6 is 0 Å². The highest BCUT2D eigenvalue weighted by molar-refractivity contribution is 5.83. The Morgan fingerprint density at radius 2 is 1.96 bits per heavy atom. The van der Waals surface area contributed by atoms with E-state index >= 15 is 0 Å². The standard InChI is InChI=1S/C18H17N5O3/c1-25-16-9-7-14(8-10-16)11-20-21-17(24)12-26-18-19-13-23(22-18)15-5-3-2-4-6-15/h2-11,13H,12H2,1H3,(H,21,24)/b20-11+. The number of ether oxygens (including phenoxy) is 2. The van der Waals surface area contributed by atoms with Gasteiger partial charge in [0.1, 0.15) is 12.1 Å². The zero-order valence-corrected chi connectivity index (χ0v) is 14.1. The number of methoxy groups -OCH3 is 1. The van der Waals surface area contributed by atoms with Crippen molar-refractivity contribution in [3.8, 4) is 17.4 Å². The second-order valence-corrected chi connectivity index (χ2v) is 5.16. The van der Waals surface area contributed by atoms with Gasteiger partial charge in [0, 0.05) is 0 Å². The number of amides is 1. The van der Waals surface area contributed by atoms with Gasteiger partial charge >= 0.3 is 6.01 Å². The van der Waals surface area contributed by atoms with Gasteiger partial charge in [-0.15, -0.1) is 5.10 Å². The molecule has 0 fully saturated rings. The zero-order chi connectivity index (χ0) is 18.2. The first-order valence-electron chi connectivity index (χ1n) is 7.80. The van der Waals surface area contributed by atoms with Gasteiger partial charge in [0.05, 0.1) is 19.0 Å². The molecule has 8 nitrogen and oxygen atoms in total. The molecular weight excluding hydrogens is 334 g/mol. The number of aromatic nitrogens is 3. The third kappa shape index (κ3) is 4.67. The minimum Gasteiger partial charge on any atom is -0.497 e. The summed E-state index contributed by atoms with van der Waals surface area (Å²) >= 11 is 0. The summed E-state index contributed by atoms with van der Waals surface area (Å²) in [6, 6.07) is 16.9. The van der Waals surface area contributed by atoms with Crippen molar-refractivity contribution >= 4 is 12.1 Å². The molecule has 0 unspecified atom stereocenters. The Labute approximate surface area is 150 Å². The van der Waals surface area contributed by atoms with E-state index in [4.69, 9.17) is 9.47 Å². The molecule has 3 rings (SSSR count). The topological polar surface area (TPSA) is 90.6 Å². The van der Waals surface area contributed by atoms with Crippen molar-refractivity contribution in [1.29, 1.82) is 0 Å². The fourth-order valence-corrected chi connectivity index (χ4v) is 2.05. The fraction of sp³-hybridized carbons (Fsp3) is 0.111. The number of para-hydroxylation sites is 1. The SMILES string of the molecule is COc1ccc(/C=N/NC(=O)COc2ncn(-c3ccccc3)n2)cc1. The van der Waals surface area contributed by atoms with Crippen LogP contribution in [0.2, 0.25) is 0 Å². The molecule has 0 bridgehead atoms. The summed E-state index contributed by atoms with van der Waals surface area (Å²) in [6.07, 6.45) is 3.05. The molecule has 0 saturated carbocycles. The molecule has 8 heteroatoms. The Kier molecular flexibility index (Phi) is 5.56. The summed E-state index contributed by atoms with van der Waals surface area (Å²) in [5, 5.41) is 8.02. The summed E-state index contributed by atoms with van der Waals surface area (Å²) in [5.41, 5.74) is 4.06. The van der Waals surface area contributed by atoms with Gasteiger partial charge in [-0.1, -0.05) is 18.2 Å². The van der Waals surface area contributed by atoms with Gasteiger partial charge in [-0.25, -0.2) is 10.1 Å². The number of benzene rings is 2. The van der Waals surface area contributed by atoms with Crippen molar-refractivity contribution in [3.63, 3.8) is 0 Å². The lowest BCUT2D eigenvalue weighted by Gasteiger charge is -2.01. The molecule has 1 amide bonds. The van der Waals surface area contributed by atoms with Crippen LogP contribution in [-0.4, -0.2) is 40.6 Å². The van der Waals surface area contributed by atoms with Gasteiger partial charge in [-0.05, 0) is 42.0 Å². The molecule has 0 aliphatic rings. The van der Waals surface area contributed by atoms with Gasteiger partial charge in [0.2, 0.25) is 0 Å². The van der Waals surface area contributed by atoms with Crippen LogP contribution in [0.4, 0.5) is 0 Å². The maximum atomic E-state index is 11.8. The second-order valence-electron chi connectivity index (χ2n) is 5.16. The van der Waals surface area contributed by atoms with Crippen molar-refractivity contribution in [1.82, 2.24) is 20.2 Å². The molecular formula is C18H17N5O3. The average molecular weight is 351 g/mol. The van der Waals surface area contributed by atoms with Crippen LogP contribution in [0.15, 0.2) is 66.0 Å². The largest absolute Gasteiger partial charge is 0.497 e. The van der Waals surface area contributed by atoms with E-state index in [0.717, 1.165) is 17.0 Å². The van der Waals surface area contributed by atoms with Crippen LogP contribution in [0, 0.1) is 0 Å². The van der Waals surface area contributed by atoms with E-state index in [2.05, 4.69) is 20.6 Å². The number of carbonyl (C=O) groups excluding carboxylic acids is 1. The van der Waals surface area contributed by atoms with Gasteiger partial charge in [0.25, 0.3) is 5.91 Å². The number of carbonyl (C=O) groups is 1. The third-order valence-corrected chi connectivity index (χ3v) is 3.34. The third-order valence-electron chi connectivity index (χ3n) is 3.34. The summed E-state index contributed by atoms with van der Waals surface area (Å²) in [7, 11) is 1.60. The molecule has 0 aliphatic carbocycles. The lowest BCUT2D eigenvalue weighted by molar-refractivity contribution is -0.123. The van der Waals surface area contributed by atoms with E-state index in [9.17, 15) is 4.79 Å². The lowest BCUT2D eigenvalue weighted by Crippen LogP contribution is -2.24. The molecule has 0 saturated heterocycles. The highest BCUT2D eigenvalue weighted by atomic mass is 16.5. The molecule has 3 aromatic rings. The van der Waals surface area contributed by atoms with Crippen LogP contribution in [0.25, 0.3) is 5.69 Å². The molecule has 0 aliphatic heterocycles. The second kappa shape index (κ2) is 8.43. The Morgan fingerprint density at radius 1 is 1.19 bits per heavy atom. The van der Waals surface area contributed by atoms with E-state index in [1.54, 1.807) is 23.9 Å². The minimum atomic E-state index is -0.411. The van der Waals surface area contributed by atoms with Crippen molar-refractivity contribution in [2.75, 3.05) is 13.7 Å². The van der Waals surface area contributed by atoms with Crippen LogP contribution in [0.1, 0.15) is 5.56 Å². The fourth-order valence-electron chi connectivity index (χ4n) is 2.05. The summed E-state index contributed by atoms with van der Waals surface area (Å²) < 4.78 is 11.9. The molecule has 0 radical (unpaired) electrons. The highest BCUT2D eigenvalue weighted by Gasteiger charge is 2.06. The predicted molar refractivity (Wildman–Crippen MR) is 95.6 cm³/mol. The highest BCUT2D eigenvalue weighted by Crippen LogP contribution is 2.10. The Morgan fingerprint density at radius 3 is 2.69 bits per heavy atom. The van der Waals surface area contributed by atoms with Gasteiger partial charge in [-0.2, -0.15) is 10.1 Å². The normalized spacial score (nSPS) is 10.7. The quantitative estimate of drug-likeness (QED) is 0.518. The van der Waals surface area contributed by atoms with Crippen LogP contribution < -0.4 is 14.9 Å². The summed E-state index contributed by atoms with van der Waals surface area (Å²) in [4.78, 5) is 15.8. The van der Waals surface area contributed by atoms with Crippen LogP contribution in [0.5, 0.6) is 11.8 Å². The number of hydrogen-bond acceptors (Lipinski definition) is 6. The maximum Gasteiger partial charge on any atom is 0.336 e. The Bertz CT molecular complexity index is 875. The molecule has 0 atom stereocenters. The molecule has 26 heavy (non-hydrogen) atoms. The minimum absolute atomic E-state index is 0.114. The first-order chi connectivity index (χ1) is 12.7. The van der Waals surface area contributed by atoms with Gasteiger partial charge < -0.3 is 9.47 Å². The Hall–Kier alpha value is -3.68. The van der Waals surface area contributed by atoms with Gasteiger partial charge in [-0.3, -0.25) is 4.79 Å². The van der Waals surface area contributed by atoms with Crippen LogP contribution in [-0.2, 0) is 4.79 Å². The zero-order valence-electron chi connectivity index (χ0n) is 14.1. The van der Waals surface area contributed by atoms with E-state index in [1.165, 1.54) is 12.5 Å². The smallest absolute Gasteiger partial charge is 0.336 e. The van der Waals surface area contributed by atoms with Crippen molar-refractivity contribution in [3.05, 3.63) is 66.5 Å². The summed E-state index contributed by atoms with van der Waals surface area (Å²) in [6.45, 7) is -0.237. The van der Waals surface area contributed by atoms with Crippen molar-refractivity contribution in [2.24, 2.45) is 5.10 Å². The predicted octanol–water partition coefficient (Wildman–Crippen LogP) is 1.80. The van der Waals surface area contributed by atoms with Crippen LogP contribution in [0.3, 0.4) is 0 Å². The lowest BCUT2D eigenvalue weighted by atomic mass is 10.2. The molecule has 1 aromatic heterocycles.